The van der Waals surface area contributed by atoms with Gasteiger partial charge in [0.1, 0.15) is 0 Å². The lowest BCUT2D eigenvalue weighted by Gasteiger charge is -2.11. The van der Waals surface area contributed by atoms with Crippen molar-refractivity contribution in [1.29, 1.82) is 0 Å². The number of benzene rings is 2. The van der Waals surface area contributed by atoms with Gasteiger partial charge in [-0.25, -0.2) is 0 Å². The van der Waals surface area contributed by atoms with Gasteiger partial charge in [0.05, 0.1) is 5.69 Å². The SMILES string of the molecule is Cc1cc(C)c(N=Cc2ccc(N(C)C)cc2)c(C)c1. The van der Waals surface area contributed by atoms with Crippen LogP contribution in [0.1, 0.15) is 22.3 Å². The van der Waals surface area contributed by atoms with Gasteiger partial charge in [0.2, 0.25) is 0 Å². The highest BCUT2D eigenvalue weighted by Gasteiger charge is 2.01. The van der Waals surface area contributed by atoms with Gasteiger partial charge in [-0.05, 0) is 49.6 Å². The normalized spacial score (nSPS) is 11.1. The van der Waals surface area contributed by atoms with Crippen LogP contribution in [0.3, 0.4) is 0 Å². The van der Waals surface area contributed by atoms with Gasteiger partial charge in [-0.15, -0.1) is 0 Å². The molecule has 0 aliphatic carbocycles. The third kappa shape index (κ3) is 3.27. The summed E-state index contributed by atoms with van der Waals surface area (Å²) in [4.78, 5) is 6.75. The standard InChI is InChI=1S/C18H22N2/c1-13-10-14(2)18(15(3)11-13)19-12-16-6-8-17(9-7-16)20(4)5/h6-12H,1-5H3. The van der Waals surface area contributed by atoms with Crippen molar-refractivity contribution in [2.24, 2.45) is 4.99 Å². The van der Waals surface area contributed by atoms with Crippen molar-refractivity contribution in [2.45, 2.75) is 20.8 Å². The Bertz CT molecular complexity index is 599. The Morgan fingerprint density at radius 3 is 1.95 bits per heavy atom. The van der Waals surface area contributed by atoms with Crippen molar-refractivity contribution in [3.8, 4) is 0 Å². The second kappa shape index (κ2) is 5.91. The molecule has 2 rings (SSSR count). The maximum atomic E-state index is 4.65. The molecule has 0 heterocycles. The molecule has 0 unspecified atom stereocenters. The van der Waals surface area contributed by atoms with Crippen LogP contribution in [-0.2, 0) is 0 Å². The maximum absolute atomic E-state index is 4.65. The minimum absolute atomic E-state index is 1.08. The molecule has 0 atom stereocenters. The second-order valence-electron chi connectivity index (χ2n) is 5.49. The number of aryl methyl sites for hydroxylation is 3. The molecule has 0 aromatic heterocycles. The fourth-order valence-corrected chi connectivity index (χ4v) is 2.37. The molecule has 0 spiro atoms. The Kier molecular flexibility index (Phi) is 4.23. The van der Waals surface area contributed by atoms with Crippen LogP contribution >= 0.6 is 0 Å². The van der Waals surface area contributed by atoms with E-state index in [0.717, 1.165) is 11.3 Å². The van der Waals surface area contributed by atoms with E-state index in [2.05, 4.69) is 67.1 Å². The van der Waals surface area contributed by atoms with Crippen molar-refractivity contribution < 1.29 is 0 Å². The molecule has 104 valence electrons. The summed E-state index contributed by atoms with van der Waals surface area (Å²) in [5.41, 5.74) is 7.13. The van der Waals surface area contributed by atoms with E-state index in [4.69, 9.17) is 0 Å². The lowest BCUT2D eigenvalue weighted by Crippen LogP contribution is -2.08. The van der Waals surface area contributed by atoms with Crippen LogP contribution in [-0.4, -0.2) is 20.3 Å². The zero-order valence-electron chi connectivity index (χ0n) is 12.9. The average Bonchev–Trinajstić information content (AvgIpc) is 2.38. The smallest absolute Gasteiger partial charge is 0.0688 e. The second-order valence-corrected chi connectivity index (χ2v) is 5.49. The summed E-state index contributed by atoms with van der Waals surface area (Å²) in [5, 5.41) is 0. The minimum atomic E-state index is 1.08. The molecule has 2 aromatic rings. The van der Waals surface area contributed by atoms with Gasteiger partial charge in [0, 0.05) is 26.0 Å². The third-order valence-corrected chi connectivity index (χ3v) is 3.39. The lowest BCUT2D eigenvalue weighted by atomic mass is 10.1. The molecule has 0 radical (unpaired) electrons. The van der Waals surface area contributed by atoms with Crippen LogP contribution in [0.25, 0.3) is 0 Å². The predicted molar refractivity (Wildman–Crippen MR) is 88.7 cm³/mol. The summed E-state index contributed by atoms with van der Waals surface area (Å²) >= 11 is 0. The fourth-order valence-electron chi connectivity index (χ4n) is 2.37. The Hall–Kier alpha value is -2.09. The van der Waals surface area contributed by atoms with Gasteiger partial charge >= 0.3 is 0 Å². The van der Waals surface area contributed by atoms with Gasteiger partial charge < -0.3 is 4.90 Å². The number of hydrogen-bond acceptors (Lipinski definition) is 2. The first-order chi connectivity index (χ1) is 9.47. The average molecular weight is 266 g/mol. The van der Waals surface area contributed by atoms with Crippen LogP contribution in [0, 0.1) is 20.8 Å². The molecular formula is C18H22N2. The van der Waals surface area contributed by atoms with E-state index in [1.165, 1.54) is 22.4 Å². The number of rotatable bonds is 3. The molecule has 2 aromatic carbocycles. The summed E-state index contributed by atoms with van der Waals surface area (Å²) in [6.45, 7) is 6.34. The molecule has 2 heteroatoms. The molecule has 0 aliphatic heterocycles. The van der Waals surface area contributed by atoms with Gasteiger partial charge in [0.15, 0.2) is 0 Å². The van der Waals surface area contributed by atoms with Crippen molar-refractivity contribution >= 4 is 17.6 Å². The Morgan fingerprint density at radius 1 is 0.900 bits per heavy atom. The molecule has 0 N–H and O–H groups in total. The predicted octanol–water partition coefficient (Wildman–Crippen LogP) is 4.43. The highest BCUT2D eigenvalue weighted by molar-refractivity contribution is 5.83. The minimum Gasteiger partial charge on any atom is -0.378 e. The van der Waals surface area contributed by atoms with Gasteiger partial charge in [-0.3, -0.25) is 4.99 Å². The summed E-state index contributed by atoms with van der Waals surface area (Å²) in [6.07, 6.45) is 1.93. The quantitative estimate of drug-likeness (QED) is 0.750. The van der Waals surface area contributed by atoms with E-state index < -0.39 is 0 Å². The van der Waals surface area contributed by atoms with E-state index in [9.17, 15) is 0 Å². The largest absolute Gasteiger partial charge is 0.378 e. The molecule has 0 amide bonds. The van der Waals surface area contributed by atoms with Gasteiger partial charge in [0.25, 0.3) is 0 Å². The molecule has 20 heavy (non-hydrogen) atoms. The van der Waals surface area contributed by atoms with Crippen molar-refractivity contribution in [3.63, 3.8) is 0 Å². The Morgan fingerprint density at radius 2 is 1.45 bits per heavy atom. The fraction of sp³-hybridized carbons (Fsp3) is 0.278. The molecular weight excluding hydrogens is 244 g/mol. The zero-order valence-corrected chi connectivity index (χ0v) is 12.9. The first kappa shape index (κ1) is 14.3. The van der Waals surface area contributed by atoms with E-state index in [1.807, 2.05) is 20.3 Å². The van der Waals surface area contributed by atoms with Crippen LogP contribution in [0.5, 0.6) is 0 Å². The molecule has 0 saturated carbocycles. The first-order valence-electron chi connectivity index (χ1n) is 6.86. The maximum Gasteiger partial charge on any atom is 0.0688 e. The van der Waals surface area contributed by atoms with Crippen molar-refractivity contribution in [1.82, 2.24) is 0 Å². The van der Waals surface area contributed by atoms with Crippen LogP contribution in [0.15, 0.2) is 41.4 Å². The summed E-state index contributed by atoms with van der Waals surface area (Å²) in [7, 11) is 4.09. The van der Waals surface area contributed by atoms with E-state index >= 15 is 0 Å². The topological polar surface area (TPSA) is 15.6 Å². The number of nitrogens with zero attached hydrogens (tertiary/aromatic N) is 2. The number of hydrogen-bond donors (Lipinski definition) is 0. The Labute approximate surface area is 121 Å². The molecule has 2 nitrogen and oxygen atoms in total. The number of aliphatic imine (C=N–C) groups is 1. The zero-order chi connectivity index (χ0) is 14.7. The van der Waals surface area contributed by atoms with E-state index in [1.54, 1.807) is 0 Å². The van der Waals surface area contributed by atoms with Gasteiger partial charge in [-0.2, -0.15) is 0 Å². The first-order valence-corrected chi connectivity index (χ1v) is 6.86. The summed E-state index contributed by atoms with van der Waals surface area (Å²) in [6, 6.07) is 12.8. The van der Waals surface area contributed by atoms with Crippen molar-refractivity contribution in [3.05, 3.63) is 58.7 Å². The van der Waals surface area contributed by atoms with E-state index in [-0.39, 0.29) is 0 Å². The molecule has 0 aliphatic rings. The molecule has 0 bridgehead atoms. The molecule has 0 saturated heterocycles. The van der Waals surface area contributed by atoms with Crippen LogP contribution in [0.2, 0.25) is 0 Å². The highest BCUT2D eigenvalue weighted by Crippen LogP contribution is 2.25. The summed E-state index contributed by atoms with van der Waals surface area (Å²) < 4.78 is 0. The van der Waals surface area contributed by atoms with E-state index in [0.29, 0.717) is 0 Å². The highest BCUT2D eigenvalue weighted by atomic mass is 15.1. The summed E-state index contributed by atoms with van der Waals surface area (Å²) in [5.74, 6) is 0. The monoisotopic (exact) mass is 266 g/mol. The Balaban J connectivity index is 2.25. The lowest BCUT2D eigenvalue weighted by molar-refractivity contribution is 1.13. The third-order valence-electron chi connectivity index (χ3n) is 3.39. The number of anilines is 1. The van der Waals surface area contributed by atoms with Gasteiger partial charge in [-0.1, -0.05) is 29.8 Å². The molecule has 0 fully saturated rings. The van der Waals surface area contributed by atoms with Crippen LogP contribution < -0.4 is 4.90 Å². The van der Waals surface area contributed by atoms with Crippen molar-refractivity contribution in [2.75, 3.05) is 19.0 Å². The van der Waals surface area contributed by atoms with Crippen LogP contribution in [0.4, 0.5) is 11.4 Å².